The average Bonchev–Trinajstić information content (AvgIpc) is 2.91. The minimum Gasteiger partial charge on any atom is -0.289 e. The van der Waals surface area contributed by atoms with Gasteiger partial charge in [0.2, 0.25) is 0 Å². The molecule has 0 saturated heterocycles. The van der Waals surface area contributed by atoms with E-state index in [-0.39, 0.29) is 23.6 Å². The second-order valence-electron chi connectivity index (χ2n) is 5.95. The molecule has 0 fully saturated rings. The molecule has 0 unspecified atom stereocenters. The molecule has 2 aliphatic heterocycles. The van der Waals surface area contributed by atoms with Crippen LogP contribution in [0.25, 0.3) is 0 Å². The standard InChI is InChI=1S/C18H16N2O4/c1-9-13(17(23)19-15(9)21)7-11-4-3-5-12(6-11)8-14-10(2)16(22)20-18(14)24/h3-6H,7-8H2,1-2H3,(H,19,21,23)(H,20,22,24). The van der Waals surface area contributed by atoms with E-state index in [1.807, 2.05) is 24.3 Å². The lowest BCUT2D eigenvalue weighted by atomic mass is 9.97. The molecular formula is C18H16N2O4. The largest absolute Gasteiger partial charge is 0.289 e. The summed E-state index contributed by atoms with van der Waals surface area (Å²) in [6, 6.07) is 7.44. The van der Waals surface area contributed by atoms with Gasteiger partial charge in [0.25, 0.3) is 23.6 Å². The van der Waals surface area contributed by atoms with E-state index >= 15 is 0 Å². The van der Waals surface area contributed by atoms with Gasteiger partial charge in [-0.2, -0.15) is 0 Å². The number of hydrogen-bond donors (Lipinski definition) is 2. The summed E-state index contributed by atoms with van der Waals surface area (Å²) in [5.74, 6) is -1.43. The fraction of sp³-hybridized carbons (Fsp3) is 0.222. The van der Waals surface area contributed by atoms with Crippen molar-refractivity contribution in [1.82, 2.24) is 10.6 Å². The van der Waals surface area contributed by atoms with Crippen molar-refractivity contribution < 1.29 is 19.2 Å². The highest BCUT2D eigenvalue weighted by Gasteiger charge is 2.28. The van der Waals surface area contributed by atoms with Crippen molar-refractivity contribution in [3.8, 4) is 0 Å². The van der Waals surface area contributed by atoms with Gasteiger partial charge in [-0.3, -0.25) is 29.8 Å². The van der Waals surface area contributed by atoms with Gasteiger partial charge in [-0.15, -0.1) is 0 Å². The van der Waals surface area contributed by atoms with Crippen LogP contribution in [-0.2, 0) is 32.0 Å². The first-order valence-corrected chi connectivity index (χ1v) is 7.55. The first-order chi connectivity index (χ1) is 11.4. The summed E-state index contributed by atoms with van der Waals surface area (Å²) in [5.41, 5.74) is 3.53. The maximum absolute atomic E-state index is 11.8. The highest BCUT2D eigenvalue weighted by molar-refractivity contribution is 6.19. The molecule has 0 saturated carbocycles. The van der Waals surface area contributed by atoms with E-state index in [0.717, 1.165) is 11.1 Å². The molecule has 0 bridgehead atoms. The van der Waals surface area contributed by atoms with Crippen LogP contribution in [0.1, 0.15) is 25.0 Å². The molecule has 2 aliphatic rings. The number of hydrogen-bond acceptors (Lipinski definition) is 4. The van der Waals surface area contributed by atoms with Gasteiger partial charge in [0, 0.05) is 35.1 Å². The zero-order valence-corrected chi connectivity index (χ0v) is 13.4. The molecule has 0 atom stereocenters. The zero-order valence-electron chi connectivity index (χ0n) is 13.4. The van der Waals surface area contributed by atoms with Crippen LogP contribution in [0, 0.1) is 0 Å². The van der Waals surface area contributed by atoms with Crippen molar-refractivity contribution in [1.29, 1.82) is 0 Å². The lowest BCUT2D eigenvalue weighted by Gasteiger charge is -2.06. The maximum Gasteiger partial charge on any atom is 0.254 e. The van der Waals surface area contributed by atoms with Gasteiger partial charge in [0.1, 0.15) is 0 Å². The predicted molar refractivity (Wildman–Crippen MR) is 85.5 cm³/mol. The number of carbonyl (C=O) groups is 4. The second kappa shape index (κ2) is 5.88. The Morgan fingerprint density at radius 3 is 1.46 bits per heavy atom. The quantitative estimate of drug-likeness (QED) is 0.798. The topological polar surface area (TPSA) is 92.3 Å². The lowest BCUT2D eigenvalue weighted by Crippen LogP contribution is -2.23. The van der Waals surface area contributed by atoms with Crippen LogP contribution >= 0.6 is 0 Å². The molecule has 122 valence electrons. The maximum atomic E-state index is 11.8. The highest BCUT2D eigenvalue weighted by Crippen LogP contribution is 2.21. The fourth-order valence-corrected chi connectivity index (χ4v) is 2.84. The van der Waals surface area contributed by atoms with E-state index in [1.165, 1.54) is 0 Å². The number of amides is 4. The van der Waals surface area contributed by atoms with Gasteiger partial charge in [-0.25, -0.2) is 0 Å². The SMILES string of the molecule is CC1=C(Cc2cccc(CC3=C(C)C(=O)NC3=O)c2)C(=O)NC1=O. The molecule has 6 heteroatoms. The molecule has 2 N–H and O–H groups in total. The summed E-state index contributed by atoms with van der Waals surface area (Å²) in [6.45, 7) is 3.25. The van der Waals surface area contributed by atoms with E-state index in [4.69, 9.17) is 0 Å². The number of nitrogens with one attached hydrogen (secondary N) is 2. The van der Waals surface area contributed by atoms with Crippen molar-refractivity contribution in [2.75, 3.05) is 0 Å². The second-order valence-corrected chi connectivity index (χ2v) is 5.95. The Labute approximate surface area is 138 Å². The minimum absolute atomic E-state index is 0.348. The Hall–Kier alpha value is -3.02. The summed E-state index contributed by atoms with van der Waals surface area (Å²) < 4.78 is 0. The predicted octanol–water partition coefficient (Wildman–Crippen LogP) is 0.717. The van der Waals surface area contributed by atoms with Gasteiger partial charge in [0.15, 0.2) is 0 Å². The number of rotatable bonds is 4. The molecule has 0 radical (unpaired) electrons. The molecule has 0 spiro atoms. The van der Waals surface area contributed by atoms with Crippen LogP contribution in [0.15, 0.2) is 46.6 Å². The third-order valence-corrected chi connectivity index (χ3v) is 4.34. The van der Waals surface area contributed by atoms with Crippen LogP contribution in [0.3, 0.4) is 0 Å². The van der Waals surface area contributed by atoms with E-state index in [1.54, 1.807) is 13.8 Å². The summed E-state index contributed by atoms with van der Waals surface area (Å²) in [6.07, 6.45) is 0.695. The molecule has 1 aromatic carbocycles. The molecule has 6 nitrogen and oxygen atoms in total. The zero-order chi connectivity index (χ0) is 17.4. The Morgan fingerprint density at radius 1 is 0.708 bits per heavy atom. The fourth-order valence-electron chi connectivity index (χ4n) is 2.84. The van der Waals surface area contributed by atoms with Gasteiger partial charge in [-0.05, 0) is 25.0 Å². The van der Waals surface area contributed by atoms with Crippen molar-refractivity contribution in [3.05, 3.63) is 57.7 Å². The molecule has 0 aliphatic carbocycles. The number of carbonyl (C=O) groups excluding carboxylic acids is 4. The molecule has 2 heterocycles. The molecule has 3 rings (SSSR count). The first-order valence-electron chi connectivity index (χ1n) is 7.55. The van der Waals surface area contributed by atoms with Gasteiger partial charge >= 0.3 is 0 Å². The Balaban J connectivity index is 1.83. The molecule has 4 amide bonds. The van der Waals surface area contributed by atoms with Crippen molar-refractivity contribution in [2.24, 2.45) is 0 Å². The first kappa shape index (κ1) is 15.9. The normalized spacial score (nSPS) is 17.8. The van der Waals surface area contributed by atoms with Crippen LogP contribution in [-0.4, -0.2) is 23.6 Å². The summed E-state index contributed by atoms with van der Waals surface area (Å²) >= 11 is 0. The molecular weight excluding hydrogens is 308 g/mol. The summed E-state index contributed by atoms with van der Waals surface area (Å²) in [5, 5.41) is 4.55. The van der Waals surface area contributed by atoms with E-state index < -0.39 is 0 Å². The van der Waals surface area contributed by atoms with Crippen molar-refractivity contribution >= 4 is 23.6 Å². The monoisotopic (exact) mass is 324 g/mol. The van der Waals surface area contributed by atoms with Gasteiger partial charge in [-0.1, -0.05) is 24.3 Å². The third kappa shape index (κ3) is 2.78. The van der Waals surface area contributed by atoms with Crippen LogP contribution < -0.4 is 10.6 Å². The minimum atomic E-state index is -0.359. The van der Waals surface area contributed by atoms with Crippen LogP contribution in [0.2, 0.25) is 0 Å². The smallest absolute Gasteiger partial charge is 0.254 e. The average molecular weight is 324 g/mol. The number of benzene rings is 1. The Bertz CT molecular complexity index is 794. The van der Waals surface area contributed by atoms with Gasteiger partial charge < -0.3 is 0 Å². The van der Waals surface area contributed by atoms with Crippen molar-refractivity contribution in [3.63, 3.8) is 0 Å². The Morgan fingerprint density at radius 2 is 1.12 bits per heavy atom. The number of imide groups is 2. The van der Waals surface area contributed by atoms with E-state index in [9.17, 15) is 19.2 Å². The van der Waals surface area contributed by atoms with Crippen molar-refractivity contribution in [2.45, 2.75) is 26.7 Å². The van der Waals surface area contributed by atoms with E-state index in [2.05, 4.69) is 10.6 Å². The van der Waals surface area contributed by atoms with Crippen LogP contribution in [0.4, 0.5) is 0 Å². The van der Waals surface area contributed by atoms with Gasteiger partial charge in [0.05, 0.1) is 0 Å². The summed E-state index contributed by atoms with van der Waals surface area (Å²) in [4.78, 5) is 46.6. The lowest BCUT2D eigenvalue weighted by molar-refractivity contribution is -0.125. The Kier molecular flexibility index (Phi) is 3.89. The molecule has 24 heavy (non-hydrogen) atoms. The highest BCUT2D eigenvalue weighted by atomic mass is 16.2. The van der Waals surface area contributed by atoms with E-state index in [0.29, 0.717) is 35.1 Å². The molecule has 1 aromatic rings. The third-order valence-electron chi connectivity index (χ3n) is 4.34. The summed E-state index contributed by atoms with van der Waals surface area (Å²) in [7, 11) is 0. The molecule has 0 aromatic heterocycles. The van der Waals surface area contributed by atoms with Crippen LogP contribution in [0.5, 0.6) is 0 Å².